The number of anilines is 1. The number of benzene rings is 1. The fourth-order valence-corrected chi connectivity index (χ4v) is 2.74. The first-order valence-electron chi connectivity index (χ1n) is 4.76. The van der Waals surface area contributed by atoms with E-state index in [0.717, 1.165) is 18.5 Å². The number of hydrogen-bond donors (Lipinski definition) is 1. The quantitative estimate of drug-likeness (QED) is 0.794. The topological polar surface area (TPSA) is 29.1 Å². The van der Waals surface area contributed by atoms with Gasteiger partial charge in [0.2, 0.25) is 5.91 Å². The van der Waals surface area contributed by atoms with Crippen molar-refractivity contribution in [2.45, 2.75) is 26.2 Å². The van der Waals surface area contributed by atoms with Gasteiger partial charge >= 0.3 is 0 Å². The van der Waals surface area contributed by atoms with E-state index in [4.69, 9.17) is 0 Å². The fourth-order valence-electron chi connectivity index (χ4n) is 1.97. The number of rotatable bonds is 1. The van der Waals surface area contributed by atoms with Crippen molar-refractivity contribution in [2.24, 2.45) is 0 Å². The number of halogens is 1. The van der Waals surface area contributed by atoms with E-state index in [0.29, 0.717) is 0 Å². The van der Waals surface area contributed by atoms with Crippen LogP contribution in [0.15, 0.2) is 12.1 Å². The lowest BCUT2D eigenvalue weighted by Crippen LogP contribution is -2.08. The molecule has 0 bridgehead atoms. The highest BCUT2D eigenvalue weighted by Gasteiger charge is 2.17. The number of nitrogens with one attached hydrogen (secondary N) is 1. The van der Waals surface area contributed by atoms with Crippen LogP contribution in [0.3, 0.4) is 0 Å². The first kappa shape index (κ1) is 9.96. The molecule has 1 aromatic rings. The second kappa shape index (κ2) is 3.88. The molecule has 1 N–H and O–H groups in total. The summed E-state index contributed by atoms with van der Waals surface area (Å²) in [6, 6.07) is 4.09. The van der Waals surface area contributed by atoms with Crippen LogP contribution in [-0.4, -0.2) is 5.91 Å². The van der Waals surface area contributed by atoms with Crippen LogP contribution in [0.4, 0.5) is 5.69 Å². The molecule has 1 aliphatic carbocycles. The summed E-state index contributed by atoms with van der Waals surface area (Å²) < 4.78 is 1.32. The minimum Gasteiger partial charge on any atom is -0.326 e. The molecular formula is C11H12INO. The van der Waals surface area contributed by atoms with Gasteiger partial charge in [-0.05, 0) is 65.1 Å². The SMILES string of the molecule is CC(=O)Nc1ccc(I)c2c1CCC2. The molecule has 2 nitrogen and oxygen atoms in total. The van der Waals surface area contributed by atoms with Crippen molar-refractivity contribution >= 4 is 34.2 Å². The van der Waals surface area contributed by atoms with E-state index < -0.39 is 0 Å². The average molecular weight is 301 g/mol. The molecule has 0 saturated carbocycles. The van der Waals surface area contributed by atoms with Gasteiger partial charge in [-0.1, -0.05) is 0 Å². The summed E-state index contributed by atoms with van der Waals surface area (Å²) in [5.74, 6) is 0.0142. The Morgan fingerprint density at radius 1 is 1.36 bits per heavy atom. The fraction of sp³-hybridized carbons (Fsp3) is 0.364. The Hall–Kier alpha value is -0.580. The van der Waals surface area contributed by atoms with Crippen molar-refractivity contribution in [1.29, 1.82) is 0 Å². The molecule has 0 radical (unpaired) electrons. The van der Waals surface area contributed by atoms with Gasteiger partial charge in [-0.3, -0.25) is 4.79 Å². The van der Waals surface area contributed by atoms with E-state index in [2.05, 4.69) is 34.0 Å². The first-order chi connectivity index (χ1) is 6.68. The Kier molecular flexibility index (Phi) is 2.76. The summed E-state index contributed by atoms with van der Waals surface area (Å²) in [5.41, 5.74) is 3.77. The molecule has 3 heteroatoms. The van der Waals surface area contributed by atoms with Crippen molar-refractivity contribution in [3.63, 3.8) is 0 Å². The van der Waals surface area contributed by atoms with E-state index in [1.807, 2.05) is 6.07 Å². The van der Waals surface area contributed by atoms with E-state index in [-0.39, 0.29) is 5.91 Å². The Morgan fingerprint density at radius 3 is 2.79 bits per heavy atom. The maximum atomic E-state index is 11.0. The van der Waals surface area contributed by atoms with Crippen molar-refractivity contribution in [3.05, 3.63) is 26.8 Å². The molecule has 1 amide bonds. The highest BCUT2D eigenvalue weighted by molar-refractivity contribution is 14.1. The van der Waals surface area contributed by atoms with Crippen LogP contribution in [-0.2, 0) is 17.6 Å². The van der Waals surface area contributed by atoms with Gasteiger partial charge < -0.3 is 5.32 Å². The lowest BCUT2D eigenvalue weighted by atomic mass is 10.1. The van der Waals surface area contributed by atoms with Gasteiger partial charge in [-0.2, -0.15) is 0 Å². The predicted octanol–water partition coefficient (Wildman–Crippen LogP) is 2.74. The van der Waals surface area contributed by atoms with Crippen molar-refractivity contribution in [1.82, 2.24) is 0 Å². The standard InChI is InChI=1S/C11H12INO/c1-7(14)13-11-6-5-10(12)8-3-2-4-9(8)11/h5-6H,2-4H2,1H3,(H,13,14). The van der Waals surface area contributed by atoms with Gasteiger partial charge in [-0.25, -0.2) is 0 Å². The lowest BCUT2D eigenvalue weighted by molar-refractivity contribution is -0.114. The maximum absolute atomic E-state index is 11.0. The molecule has 0 heterocycles. The van der Waals surface area contributed by atoms with Crippen LogP contribution in [0.2, 0.25) is 0 Å². The van der Waals surface area contributed by atoms with Crippen LogP contribution >= 0.6 is 22.6 Å². The number of fused-ring (bicyclic) bond motifs is 1. The molecule has 0 fully saturated rings. The summed E-state index contributed by atoms with van der Waals surface area (Å²) in [6.07, 6.45) is 3.46. The normalized spacial score (nSPS) is 13.9. The molecule has 1 aromatic carbocycles. The second-order valence-corrected chi connectivity index (χ2v) is 4.75. The molecule has 0 aromatic heterocycles. The van der Waals surface area contributed by atoms with Crippen LogP contribution in [0.25, 0.3) is 0 Å². The van der Waals surface area contributed by atoms with Gasteiger partial charge in [0.25, 0.3) is 0 Å². The van der Waals surface area contributed by atoms with Gasteiger partial charge in [0.1, 0.15) is 0 Å². The molecule has 14 heavy (non-hydrogen) atoms. The van der Waals surface area contributed by atoms with Crippen LogP contribution in [0.1, 0.15) is 24.5 Å². The highest BCUT2D eigenvalue weighted by atomic mass is 127. The monoisotopic (exact) mass is 301 g/mol. The van der Waals surface area contributed by atoms with E-state index in [1.165, 1.54) is 21.1 Å². The van der Waals surface area contributed by atoms with Crippen molar-refractivity contribution in [3.8, 4) is 0 Å². The number of carbonyl (C=O) groups is 1. The van der Waals surface area contributed by atoms with Crippen molar-refractivity contribution < 1.29 is 4.79 Å². The molecule has 0 aliphatic heterocycles. The zero-order chi connectivity index (χ0) is 10.1. The average Bonchev–Trinajstić information content (AvgIpc) is 2.58. The first-order valence-corrected chi connectivity index (χ1v) is 5.84. The van der Waals surface area contributed by atoms with E-state index in [1.54, 1.807) is 6.92 Å². The zero-order valence-corrected chi connectivity index (χ0v) is 10.2. The van der Waals surface area contributed by atoms with E-state index in [9.17, 15) is 4.79 Å². The lowest BCUT2D eigenvalue weighted by Gasteiger charge is -2.09. The molecule has 2 rings (SSSR count). The summed E-state index contributed by atoms with van der Waals surface area (Å²) in [5, 5.41) is 2.89. The Morgan fingerprint density at radius 2 is 2.07 bits per heavy atom. The van der Waals surface area contributed by atoms with Crippen LogP contribution in [0.5, 0.6) is 0 Å². The molecule has 0 unspecified atom stereocenters. The summed E-state index contributed by atoms with van der Waals surface area (Å²) in [4.78, 5) is 11.0. The number of amides is 1. The number of carbonyl (C=O) groups excluding carboxylic acids is 1. The molecule has 0 atom stereocenters. The van der Waals surface area contributed by atoms with Gasteiger partial charge in [0, 0.05) is 16.2 Å². The summed E-state index contributed by atoms with van der Waals surface area (Å²) in [7, 11) is 0. The predicted molar refractivity (Wildman–Crippen MR) is 65.5 cm³/mol. The number of hydrogen-bond acceptors (Lipinski definition) is 1. The minimum atomic E-state index is 0.0142. The highest BCUT2D eigenvalue weighted by Crippen LogP contribution is 2.32. The maximum Gasteiger partial charge on any atom is 0.221 e. The molecular weight excluding hydrogens is 289 g/mol. The van der Waals surface area contributed by atoms with Crippen LogP contribution in [0, 0.1) is 3.57 Å². The van der Waals surface area contributed by atoms with E-state index >= 15 is 0 Å². The zero-order valence-electron chi connectivity index (χ0n) is 8.06. The third kappa shape index (κ3) is 1.78. The second-order valence-electron chi connectivity index (χ2n) is 3.59. The van der Waals surface area contributed by atoms with Crippen molar-refractivity contribution in [2.75, 3.05) is 5.32 Å². The van der Waals surface area contributed by atoms with Gasteiger partial charge in [-0.15, -0.1) is 0 Å². The molecule has 74 valence electrons. The third-order valence-electron chi connectivity index (χ3n) is 2.54. The van der Waals surface area contributed by atoms with Crippen LogP contribution < -0.4 is 5.32 Å². The molecule has 0 spiro atoms. The summed E-state index contributed by atoms with van der Waals surface area (Å²) in [6.45, 7) is 1.55. The summed E-state index contributed by atoms with van der Waals surface area (Å²) >= 11 is 2.36. The third-order valence-corrected chi connectivity index (χ3v) is 3.55. The smallest absolute Gasteiger partial charge is 0.221 e. The Labute approximate surface area is 97.2 Å². The van der Waals surface area contributed by atoms with Gasteiger partial charge in [0.05, 0.1) is 0 Å². The largest absolute Gasteiger partial charge is 0.326 e. The minimum absolute atomic E-state index is 0.0142. The Balaban J connectivity index is 2.43. The molecule has 1 aliphatic rings. The van der Waals surface area contributed by atoms with Gasteiger partial charge in [0.15, 0.2) is 0 Å². The molecule has 0 saturated heterocycles. The Bertz CT molecular complexity index is 387.